The lowest BCUT2D eigenvalue weighted by Crippen LogP contribution is -2.12. The number of halogens is 3. The summed E-state index contributed by atoms with van der Waals surface area (Å²) >= 11 is 13.6. The number of benzene rings is 2. The van der Waals surface area contributed by atoms with Crippen LogP contribution in [0.15, 0.2) is 41.3 Å². The molecule has 0 aliphatic rings. The van der Waals surface area contributed by atoms with Crippen LogP contribution in [0.5, 0.6) is 5.75 Å². The summed E-state index contributed by atoms with van der Waals surface area (Å²) in [5.41, 5.74) is 1.12. The number of ether oxygens (including phenoxy) is 1. The van der Waals surface area contributed by atoms with Gasteiger partial charge in [0.25, 0.3) is 5.91 Å². The Labute approximate surface area is 203 Å². The maximum atomic E-state index is 14.8. The number of thiazole rings is 1. The monoisotopic (exact) mass is 508 g/mol. The highest BCUT2D eigenvalue weighted by molar-refractivity contribution is 7.14. The zero-order valence-corrected chi connectivity index (χ0v) is 19.9. The first-order valence-electron chi connectivity index (χ1n) is 9.80. The molecule has 10 heteroatoms. The van der Waals surface area contributed by atoms with Crippen LogP contribution in [0.1, 0.15) is 36.2 Å². The molecule has 172 valence electrons. The van der Waals surface area contributed by atoms with Gasteiger partial charge < -0.3 is 9.84 Å². The number of carboxylic acids is 1. The Bertz CT molecular complexity index is 1220. The summed E-state index contributed by atoms with van der Waals surface area (Å²) in [5, 5.41) is 13.8. The lowest BCUT2D eigenvalue weighted by molar-refractivity contribution is -0.132. The molecule has 0 aliphatic carbocycles. The molecule has 1 aromatic heterocycles. The molecule has 0 aliphatic heterocycles. The summed E-state index contributed by atoms with van der Waals surface area (Å²) < 4.78 is 20.2. The van der Waals surface area contributed by atoms with E-state index in [4.69, 9.17) is 33.0 Å². The number of carbonyl (C=O) groups excluding carboxylic acids is 1. The topological polar surface area (TPSA) is 88.5 Å². The van der Waals surface area contributed by atoms with Crippen molar-refractivity contribution in [2.75, 3.05) is 11.9 Å². The molecule has 0 atom stereocenters. The van der Waals surface area contributed by atoms with Crippen LogP contribution >= 0.6 is 34.5 Å². The predicted octanol–water partition coefficient (Wildman–Crippen LogP) is 6.79. The van der Waals surface area contributed by atoms with Gasteiger partial charge in [-0.05, 0) is 43.7 Å². The quantitative estimate of drug-likeness (QED) is 0.327. The number of carbonyl (C=O) groups is 2. The van der Waals surface area contributed by atoms with E-state index in [1.807, 2.05) is 6.92 Å². The van der Waals surface area contributed by atoms with E-state index in [0.29, 0.717) is 17.9 Å². The minimum Gasteiger partial charge on any atom is -0.491 e. The molecule has 0 spiro atoms. The third-order valence-electron chi connectivity index (χ3n) is 4.47. The van der Waals surface area contributed by atoms with E-state index in [0.717, 1.165) is 17.8 Å². The van der Waals surface area contributed by atoms with Crippen molar-refractivity contribution in [2.45, 2.75) is 20.3 Å². The van der Waals surface area contributed by atoms with Crippen LogP contribution in [-0.2, 0) is 4.79 Å². The lowest BCUT2D eigenvalue weighted by atomic mass is 10.1. The number of hydrogen-bond acceptors (Lipinski definition) is 5. The molecule has 2 aromatic carbocycles. The predicted molar refractivity (Wildman–Crippen MR) is 129 cm³/mol. The minimum atomic E-state index is -1.11. The summed E-state index contributed by atoms with van der Waals surface area (Å²) in [6.45, 7) is 3.73. The number of rotatable bonds is 8. The Morgan fingerprint density at radius 3 is 2.61 bits per heavy atom. The van der Waals surface area contributed by atoms with E-state index >= 15 is 0 Å². The van der Waals surface area contributed by atoms with Gasteiger partial charge >= 0.3 is 5.97 Å². The highest BCUT2D eigenvalue weighted by Gasteiger charge is 2.17. The highest BCUT2D eigenvalue weighted by Crippen LogP contribution is 2.32. The van der Waals surface area contributed by atoms with E-state index < -0.39 is 17.7 Å². The molecule has 0 radical (unpaired) electrons. The van der Waals surface area contributed by atoms with Crippen molar-refractivity contribution in [3.63, 3.8) is 0 Å². The number of nitrogens with zero attached hydrogens (tertiary/aromatic N) is 1. The van der Waals surface area contributed by atoms with Crippen LogP contribution in [0, 0.1) is 5.82 Å². The number of amides is 1. The van der Waals surface area contributed by atoms with Crippen molar-refractivity contribution in [3.05, 3.63) is 68.3 Å². The van der Waals surface area contributed by atoms with Gasteiger partial charge in [-0.15, -0.1) is 11.3 Å². The molecule has 0 bridgehead atoms. The van der Waals surface area contributed by atoms with Gasteiger partial charge in [0.1, 0.15) is 0 Å². The number of carboxylic acid groups (broad SMARTS) is 1. The average Bonchev–Trinajstić information content (AvgIpc) is 3.23. The second-order valence-corrected chi connectivity index (χ2v) is 8.62. The lowest BCUT2D eigenvalue weighted by Gasteiger charge is -2.08. The third kappa shape index (κ3) is 5.90. The summed E-state index contributed by atoms with van der Waals surface area (Å²) in [6.07, 6.45) is 2.08. The Kier molecular flexibility index (Phi) is 8.07. The molecule has 2 N–H and O–H groups in total. The maximum Gasteiger partial charge on any atom is 0.331 e. The van der Waals surface area contributed by atoms with Crippen LogP contribution in [-0.4, -0.2) is 28.6 Å². The molecule has 6 nitrogen and oxygen atoms in total. The molecular formula is C23H19Cl2FN2O4S. The second-order valence-electron chi connectivity index (χ2n) is 6.94. The largest absolute Gasteiger partial charge is 0.491 e. The van der Waals surface area contributed by atoms with Gasteiger partial charge in [0.15, 0.2) is 16.7 Å². The van der Waals surface area contributed by atoms with E-state index in [9.17, 15) is 14.0 Å². The number of aromatic nitrogens is 1. The van der Waals surface area contributed by atoms with Crippen LogP contribution < -0.4 is 10.1 Å². The fraction of sp³-hybridized carbons (Fsp3) is 0.174. The van der Waals surface area contributed by atoms with Crippen molar-refractivity contribution in [1.82, 2.24) is 4.98 Å². The van der Waals surface area contributed by atoms with Crippen LogP contribution in [0.25, 0.3) is 17.3 Å². The van der Waals surface area contributed by atoms with Gasteiger partial charge in [0.2, 0.25) is 0 Å². The van der Waals surface area contributed by atoms with Gasteiger partial charge in [0, 0.05) is 27.6 Å². The SMILES string of the molecule is CCCOc1cccc(-c2csc(NC(=O)c3cc(Cl)c(C=C(C)C(=O)O)c(Cl)c3)n2)c1F. The van der Waals surface area contributed by atoms with Gasteiger partial charge in [-0.3, -0.25) is 10.1 Å². The van der Waals surface area contributed by atoms with Gasteiger partial charge in [-0.2, -0.15) is 0 Å². The zero-order chi connectivity index (χ0) is 24.1. The highest BCUT2D eigenvalue weighted by atomic mass is 35.5. The first kappa shape index (κ1) is 24.7. The van der Waals surface area contributed by atoms with Crippen molar-refractivity contribution in [3.8, 4) is 17.0 Å². The molecule has 33 heavy (non-hydrogen) atoms. The Balaban J connectivity index is 1.81. The average molecular weight is 509 g/mol. The van der Waals surface area contributed by atoms with Crippen molar-refractivity contribution >= 4 is 57.6 Å². The fourth-order valence-corrected chi connectivity index (χ4v) is 4.09. The summed E-state index contributed by atoms with van der Waals surface area (Å²) in [5.74, 6) is -2.01. The first-order chi connectivity index (χ1) is 15.7. The van der Waals surface area contributed by atoms with E-state index in [1.165, 1.54) is 25.1 Å². The van der Waals surface area contributed by atoms with Crippen molar-refractivity contribution < 1.29 is 23.8 Å². The van der Waals surface area contributed by atoms with Gasteiger partial charge in [0.05, 0.1) is 22.3 Å². The zero-order valence-electron chi connectivity index (χ0n) is 17.6. The fourth-order valence-electron chi connectivity index (χ4n) is 2.79. The summed E-state index contributed by atoms with van der Waals surface area (Å²) in [4.78, 5) is 28.0. The molecule has 0 fully saturated rings. The third-order valence-corrected chi connectivity index (χ3v) is 5.85. The second kappa shape index (κ2) is 10.8. The summed E-state index contributed by atoms with van der Waals surface area (Å²) in [6, 6.07) is 7.57. The molecule has 3 aromatic rings. The van der Waals surface area contributed by atoms with E-state index in [2.05, 4.69) is 10.3 Å². The smallest absolute Gasteiger partial charge is 0.331 e. The normalized spacial score (nSPS) is 11.4. The summed E-state index contributed by atoms with van der Waals surface area (Å²) in [7, 11) is 0. The van der Waals surface area contributed by atoms with Crippen LogP contribution in [0.4, 0.5) is 9.52 Å². The van der Waals surface area contributed by atoms with E-state index in [1.54, 1.807) is 23.6 Å². The van der Waals surface area contributed by atoms with Crippen LogP contribution in [0.2, 0.25) is 10.0 Å². The van der Waals surface area contributed by atoms with E-state index in [-0.39, 0.29) is 37.6 Å². The number of anilines is 1. The molecule has 0 saturated carbocycles. The molecular weight excluding hydrogens is 490 g/mol. The van der Waals surface area contributed by atoms with Crippen molar-refractivity contribution in [2.24, 2.45) is 0 Å². The maximum absolute atomic E-state index is 14.8. The van der Waals surface area contributed by atoms with Gasteiger partial charge in [-0.1, -0.05) is 36.2 Å². The standard InChI is InChI=1S/C23H19Cl2FN2O4S/c1-3-7-32-19-6-4-5-14(20(19)26)18-11-33-23(27-18)28-21(29)13-9-16(24)15(17(25)10-13)8-12(2)22(30)31/h4-6,8-11H,3,7H2,1-2H3,(H,30,31)(H,27,28,29). The molecule has 3 rings (SSSR count). The number of nitrogens with one attached hydrogen (secondary N) is 1. The Morgan fingerprint density at radius 1 is 1.27 bits per heavy atom. The minimum absolute atomic E-state index is 0.0442. The molecule has 1 heterocycles. The number of aliphatic carboxylic acids is 1. The van der Waals surface area contributed by atoms with Gasteiger partial charge in [-0.25, -0.2) is 14.2 Å². The molecule has 0 saturated heterocycles. The molecule has 0 unspecified atom stereocenters. The Morgan fingerprint density at radius 2 is 1.97 bits per heavy atom. The first-order valence-corrected chi connectivity index (χ1v) is 11.4. The van der Waals surface area contributed by atoms with Crippen LogP contribution in [0.3, 0.4) is 0 Å². The molecule has 1 amide bonds. The van der Waals surface area contributed by atoms with Crippen molar-refractivity contribution in [1.29, 1.82) is 0 Å². The number of hydrogen-bond donors (Lipinski definition) is 2. The Hall–Kier alpha value is -2.94.